The highest BCUT2D eigenvalue weighted by molar-refractivity contribution is 5.79. The van der Waals surface area contributed by atoms with E-state index in [9.17, 15) is 19.8 Å². The van der Waals surface area contributed by atoms with Crippen LogP contribution in [0.15, 0.2) is 54.6 Å². The smallest absolute Gasteiger partial charge is 0.407 e. The second-order valence-electron chi connectivity index (χ2n) is 12.0. The van der Waals surface area contributed by atoms with E-state index in [1.807, 2.05) is 49.4 Å². The molecule has 2 amide bonds. The number of ether oxygens (including phenoxy) is 2. The van der Waals surface area contributed by atoms with Crippen molar-refractivity contribution < 1.29 is 34.4 Å². The fraction of sp³-hybridized carbons (Fsp3) is 0.562. The molecule has 0 bridgehead atoms. The summed E-state index contributed by atoms with van der Waals surface area (Å²) in [4.78, 5) is 26.3. The molecule has 0 spiro atoms. The van der Waals surface area contributed by atoms with Gasteiger partial charge in [0.05, 0.1) is 30.9 Å². The number of rotatable bonds is 13. The zero-order valence-corrected chi connectivity index (χ0v) is 24.6. The van der Waals surface area contributed by atoms with Crippen LogP contribution in [0, 0.1) is 11.8 Å². The summed E-state index contributed by atoms with van der Waals surface area (Å²) in [5, 5.41) is 36.8. The van der Waals surface area contributed by atoms with Crippen LogP contribution in [0.5, 0.6) is 5.75 Å². The normalized spacial score (nSPS) is 21.0. The van der Waals surface area contributed by atoms with Crippen LogP contribution in [0.1, 0.15) is 58.1 Å². The molecule has 5 N–H and O–H groups in total. The Morgan fingerprint density at radius 3 is 2.24 bits per heavy atom. The van der Waals surface area contributed by atoms with Gasteiger partial charge in [-0.15, -0.1) is 0 Å². The lowest BCUT2D eigenvalue weighted by atomic mass is 9.88. The molecule has 1 saturated carbocycles. The van der Waals surface area contributed by atoms with Crippen molar-refractivity contribution in [1.29, 1.82) is 0 Å². The number of aliphatic hydroxyl groups excluding tert-OH is 3. The third-order valence-corrected chi connectivity index (χ3v) is 7.38. The third-order valence-electron chi connectivity index (χ3n) is 7.38. The molecule has 9 heteroatoms. The molecule has 1 fully saturated rings. The molecule has 41 heavy (non-hydrogen) atoms. The van der Waals surface area contributed by atoms with Crippen LogP contribution >= 0.6 is 0 Å². The van der Waals surface area contributed by atoms with Gasteiger partial charge in [0.25, 0.3) is 0 Å². The van der Waals surface area contributed by atoms with Crippen molar-refractivity contribution in [3.05, 3.63) is 65.7 Å². The summed E-state index contributed by atoms with van der Waals surface area (Å²) in [6.07, 6.45) is -0.0746. The predicted octanol–water partition coefficient (Wildman–Crippen LogP) is 3.38. The molecular formula is C32H46N2O7. The number of hydrogen-bond donors (Lipinski definition) is 5. The molecule has 0 heterocycles. The van der Waals surface area contributed by atoms with Gasteiger partial charge < -0.3 is 35.4 Å². The summed E-state index contributed by atoms with van der Waals surface area (Å²) in [5.74, 6) is -0.135. The van der Waals surface area contributed by atoms with Crippen molar-refractivity contribution in [3.8, 4) is 5.75 Å². The Balaban J connectivity index is 1.81. The first-order valence-electron chi connectivity index (χ1n) is 14.5. The maximum absolute atomic E-state index is 13.6. The Morgan fingerprint density at radius 1 is 1.00 bits per heavy atom. The van der Waals surface area contributed by atoms with Crippen molar-refractivity contribution >= 4 is 12.0 Å². The van der Waals surface area contributed by atoms with E-state index in [1.54, 1.807) is 32.9 Å². The van der Waals surface area contributed by atoms with Gasteiger partial charge in [-0.25, -0.2) is 4.79 Å². The minimum atomic E-state index is -1.06. The fourth-order valence-electron chi connectivity index (χ4n) is 5.21. The molecule has 0 radical (unpaired) electrons. The summed E-state index contributed by atoms with van der Waals surface area (Å²) in [6.45, 7) is 7.42. The van der Waals surface area contributed by atoms with Crippen molar-refractivity contribution in [2.75, 3.05) is 13.2 Å². The summed E-state index contributed by atoms with van der Waals surface area (Å²) in [5.41, 5.74) is 1.09. The number of aliphatic hydroxyl groups is 3. The first-order chi connectivity index (χ1) is 19.4. The number of alkyl carbamates (subject to hydrolysis) is 1. The van der Waals surface area contributed by atoms with Gasteiger partial charge in [-0.05, 0) is 82.1 Å². The molecule has 1 aliphatic rings. The van der Waals surface area contributed by atoms with Gasteiger partial charge in [0.2, 0.25) is 5.91 Å². The summed E-state index contributed by atoms with van der Waals surface area (Å²) >= 11 is 0. The molecule has 226 valence electrons. The maximum Gasteiger partial charge on any atom is 0.407 e. The lowest BCUT2D eigenvalue weighted by Gasteiger charge is -2.30. The first-order valence-corrected chi connectivity index (χ1v) is 14.5. The van der Waals surface area contributed by atoms with E-state index < -0.39 is 35.9 Å². The largest absolute Gasteiger partial charge is 0.491 e. The van der Waals surface area contributed by atoms with E-state index >= 15 is 0 Å². The number of benzene rings is 2. The molecule has 6 atom stereocenters. The minimum Gasteiger partial charge on any atom is -0.491 e. The predicted molar refractivity (Wildman–Crippen MR) is 156 cm³/mol. The van der Waals surface area contributed by atoms with Crippen LogP contribution in [0.4, 0.5) is 4.79 Å². The Morgan fingerprint density at radius 2 is 1.66 bits per heavy atom. The van der Waals surface area contributed by atoms with E-state index in [0.29, 0.717) is 25.0 Å². The highest BCUT2D eigenvalue weighted by Gasteiger charge is 2.36. The Kier molecular flexibility index (Phi) is 12.0. The number of hydrogen-bond acceptors (Lipinski definition) is 7. The second kappa shape index (κ2) is 15.2. The zero-order valence-electron chi connectivity index (χ0n) is 24.6. The van der Waals surface area contributed by atoms with Crippen molar-refractivity contribution in [2.24, 2.45) is 11.8 Å². The standard InChI is InChI=1S/C32H46N2O7/c1-21-10-15-27(36)29(21)34-30(38)24(18-23-11-13-25(14-12-23)40-17-16-35)20-28(37)26(19-22-8-6-5-7-9-22)33-31(39)41-32(2,3)4/h5-9,11-14,21,24,26-29,35-37H,10,15-20H2,1-4H3,(H,33,39)(H,34,38)/t21?,24-,26+,27?,28+,29?/m1/s1. The molecule has 3 unspecified atom stereocenters. The van der Waals surface area contributed by atoms with Gasteiger partial charge in [-0.3, -0.25) is 4.79 Å². The molecule has 0 aliphatic heterocycles. The molecule has 2 aromatic rings. The quantitative estimate of drug-likeness (QED) is 0.249. The average Bonchev–Trinajstić information content (AvgIpc) is 3.23. The monoisotopic (exact) mass is 570 g/mol. The number of amides is 2. The van der Waals surface area contributed by atoms with Crippen molar-refractivity contribution in [2.45, 2.75) is 89.7 Å². The highest BCUT2D eigenvalue weighted by atomic mass is 16.6. The van der Waals surface area contributed by atoms with Crippen LogP contribution in [0.3, 0.4) is 0 Å². The Bertz CT molecular complexity index is 1080. The van der Waals surface area contributed by atoms with E-state index in [2.05, 4.69) is 10.6 Å². The molecule has 3 rings (SSSR count). The zero-order chi connectivity index (χ0) is 30.0. The summed E-state index contributed by atoms with van der Waals surface area (Å²) < 4.78 is 10.9. The maximum atomic E-state index is 13.6. The van der Waals surface area contributed by atoms with Gasteiger partial charge in [-0.1, -0.05) is 49.4 Å². The molecule has 0 saturated heterocycles. The van der Waals surface area contributed by atoms with E-state index in [-0.39, 0.29) is 37.5 Å². The van der Waals surface area contributed by atoms with Crippen molar-refractivity contribution in [1.82, 2.24) is 10.6 Å². The Hall–Kier alpha value is -3.14. The topological polar surface area (TPSA) is 137 Å². The van der Waals surface area contributed by atoms with E-state index in [4.69, 9.17) is 14.6 Å². The minimum absolute atomic E-state index is 0.0824. The van der Waals surface area contributed by atoms with Crippen LogP contribution in [-0.4, -0.2) is 70.4 Å². The first kappa shape index (κ1) is 32.4. The van der Waals surface area contributed by atoms with Crippen LogP contribution in [-0.2, 0) is 22.4 Å². The Labute approximate surface area is 243 Å². The van der Waals surface area contributed by atoms with Crippen LogP contribution in [0.2, 0.25) is 0 Å². The van der Waals surface area contributed by atoms with E-state index in [1.165, 1.54) is 0 Å². The molecule has 0 aromatic heterocycles. The van der Waals surface area contributed by atoms with Gasteiger partial charge in [0.1, 0.15) is 18.0 Å². The van der Waals surface area contributed by atoms with Gasteiger partial charge >= 0.3 is 6.09 Å². The fourth-order valence-corrected chi connectivity index (χ4v) is 5.21. The highest BCUT2D eigenvalue weighted by Crippen LogP contribution is 2.27. The van der Waals surface area contributed by atoms with Crippen LogP contribution in [0.25, 0.3) is 0 Å². The van der Waals surface area contributed by atoms with Crippen molar-refractivity contribution in [3.63, 3.8) is 0 Å². The lowest BCUT2D eigenvalue weighted by Crippen LogP contribution is -2.50. The third kappa shape index (κ3) is 10.6. The second-order valence-corrected chi connectivity index (χ2v) is 12.0. The summed E-state index contributed by atoms with van der Waals surface area (Å²) in [7, 11) is 0. The molecular weight excluding hydrogens is 524 g/mol. The average molecular weight is 571 g/mol. The summed E-state index contributed by atoms with van der Waals surface area (Å²) in [6, 6.07) is 15.7. The number of nitrogens with one attached hydrogen (secondary N) is 2. The van der Waals surface area contributed by atoms with E-state index in [0.717, 1.165) is 17.5 Å². The lowest BCUT2D eigenvalue weighted by molar-refractivity contribution is -0.127. The molecule has 9 nitrogen and oxygen atoms in total. The number of carbonyl (C=O) groups is 2. The van der Waals surface area contributed by atoms with Gasteiger partial charge in [-0.2, -0.15) is 0 Å². The van der Waals surface area contributed by atoms with Gasteiger partial charge in [0, 0.05) is 5.92 Å². The van der Waals surface area contributed by atoms with Crippen LogP contribution < -0.4 is 15.4 Å². The molecule has 2 aromatic carbocycles. The molecule has 1 aliphatic carbocycles. The number of carbonyl (C=O) groups excluding carboxylic acids is 2. The van der Waals surface area contributed by atoms with Gasteiger partial charge in [0.15, 0.2) is 0 Å². The SMILES string of the molecule is CC1CCC(O)C1NC(=O)[C@H](Cc1ccc(OCCO)cc1)C[C@H](O)[C@H](Cc1ccccc1)NC(=O)OC(C)(C)C.